The fraction of sp³-hybridized carbons (Fsp3) is 0.389. The molecule has 0 radical (unpaired) electrons. The number of hydrogen-bond donors (Lipinski definition) is 1. The van der Waals surface area contributed by atoms with Crippen molar-refractivity contribution in [2.45, 2.75) is 33.2 Å². The molecule has 0 bridgehead atoms. The average molecular weight is 397 g/mol. The minimum absolute atomic E-state index is 0.0681. The largest absolute Gasteiger partial charge is 0.337 e. The number of hydrogen-bond acceptors (Lipinski definition) is 4. The Morgan fingerprint density at radius 3 is 2.70 bits per heavy atom. The molecule has 0 fully saturated rings. The predicted octanol–water partition coefficient (Wildman–Crippen LogP) is 3.74. The predicted molar refractivity (Wildman–Crippen MR) is 95.0 cm³/mol. The molecule has 0 saturated carbocycles. The summed E-state index contributed by atoms with van der Waals surface area (Å²) in [7, 11) is 0. The molecule has 1 aliphatic heterocycles. The number of carbonyl (C=O) groups excluding carboxylic acids is 2. The lowest BCUT2D eigenvalue weighted by Crippen LogP contribution is -2.36. The van der Waals surface area contributed by atoms with Crippen LogP contribution in [-0.2, 0) is 17.8 Å². The van der Waals surface area contributed by atoms with Crippen molar-refractivity contribution >= 4 is 28.3 Å². The van der Waals surface area contributed by atoms with E-state index in [1.807, 2.05) is 13.8 Å². The van der Waals surface area contributed by atoms with Gasteiger partial charge in [0, 0.05) is 24.3 Å². The number of aromatic nitrogens is 1. The van der Waals surface area contributed by atoms with Gasteiger partial charge in [0.15, 0.2) is 22.6 Å². The molecule has 1 aliphatic rings. The molecule has 3 rings (SSSR count). The van der Waals surface area contributed by atoms with Gasteiger partial charge in [-0.05, 0) is 18.1 Å². The summed E-state index contributed by atoms with van der Waals surface area (Å²) in [5.74, 6) is -5.18. The molecule has 0 aliphatic carbocycles. The summed E-state index contributed by atoms with van der Waals surface area (Å²) in [6.45, 7) is 4.91. The monoisotopic (exact) mass is 397 g/mol. The Morgan fingerprint density at radius 2 is 2.00 bits per heavy atom. The molecule has 1 N–H and O–H groups in total. The number of rotatable bonds is 4. The zero-order valence-corrected chi connectivity index (χ0v) is 15.6. The SMILES string of the molecule is CC(C)CC(=O)N1CCc2nc(NC(=O)c3ccc(F)c(F)c3F)sc2C1. The zero-order chi connectivity index (χ0) is 19.7. The van der Waals surface area contributed by atoms with Crippen LogP contribution in [0.15, 0.2) is 12.1 Å². The number of benzene rings is 1. The first-order valence-electron chi connectivity index (χ1n) is 8.47. The van der Waals surface area contributed by atoms with Gasteiger partial charge >= 0.3 is 0 Å². The lowest BCUT2D eigenvalue weighted by atomic mass is 10.1. The molecule has 2 heterocycles. The summed E-state index contributed by atoms with van der Waals surface area (Å²) in [5, 5.41) is 2.64. The van der Waals surface area contributed by atoms with E-state index in [2.05, 4.69) is 10.3 Å². The molecular weight excluding hydrogens is 379 g/mol. The number of nitrogens with zero attached hydrogens (tertiary/aromatic N) is 2. The van der Waals surface area contributed by atoms with Crippen LogP contribution >= 0.6 is 11.3 Å². The topological polar surface area (TPSA) is 62.3 Å². The molecule has 1 aromatic carbocycles. The van der Waals surface area contributed by atoms with Crippen LogP contribution in [0.25, 0.3) is 0 Å². The maximum atomic E-state index is 13.7. The Morgan fingerprint density at radius 1 is 1.26 bits per heavy atom. The van der Waals surface area contributed by atoms with Crippen LogP contribution in [0, 0.1) is 23.4 Å². The smallest absolute Gasteiger partial charge is 0.260 e. The van der Waals surface area contributed by atoms with Gasteiger partial charge in [-0.1, -0.05) is 25.2 Å². The second kappa shape index (κ2) is 7.67. The van der Waals surface area contributed by atoms with Gasteiger partial charge in [0.1, 0.15) is 0 Å². The van der Waals surface area contributed by atoms with Gasteiger partial charge in [-0.3, -0.25) is 14.9 Å². The lowest BCUT2D eigenvalue weighted by Gasteiger charge is -2.26. The van der Waals surface area contributed by atoms with E-state index in [1.165, 1.54) is 11.3 Å². The number of nitrogens with one attached hydrogen (secondary N) is 1. The van der Waals surface area contributed by atoms with Gasteiger partial charge in [-0.15, -0.1) is 0 Å². The van der Waals surface area contributed by atoms with Gasteiger partial charge in [-0.25, -0.2) is 18.2 Å². The number of thiazole rings is 1. The molecule has 0 unspecified atom stereocenters. The Balaban J connectivity index is 1.72. The van der Waals surface area contributed by atoms with E-state index >= 15 is 0 Å². The van der Waals surface area contributed by atoms with Crippen LogP contribution in [-0.4, -0.2) is 28.2 Å². The Hall–Kier alpha value is -2.42. The summed E-state index contributed by atoms with van der Waals surface area (Å²) in [6.07, 6.45) is 1.03. The van der Waals surface area contributed by atoms with Crippen molar-refractivity contribution in [1.82, 2.24) is 9.88 Å². The average Bonchev–Trinajstić information content (AvgIpc) is 3.00. The van der Waals surface area contributed by atoms with Crippen LogP contribution in [0.4, 0.5) is 18.3 Å². The van der Waals surface area contributed by atoms with Gasteiger partial charge in [0.2, 0.25) is 5.91 Å². The van der Waals surface area contributed by atoms with Crippen LogP contribution in [0.3, 0.4) is 0 Å². The summed E-state index contributed by atoms with van der Waals surface area (Å²) >= 11 is 1.18. The summed E-state index contributed by atoms with van der Waals surface area (Å²) in [5.41, 5.74) is 0.172. The van der Waals surface area contributed by atoms with Crippen LogP contribution in [0.1, 0.15) is 41.2 Å². The molecule has 27 heavy (non-hydrogen) atoms. The second-order valence-corrected chi connectivity index (χ2v) is 7.81. The quantitative estimate of drug-likeness (QED) is 0.800. The van der Waals surface area contributed by atoms with Gasteiger partial charge in [-0.2, -0.15) is 0 Å². The van der Waals surface area contributed by atoms with Gasteiger partial charge < -0.3 is 4.90 Å². The molecule has 2 aromatic rings. The number of carbonyl (C=O) groups is 2. The molecule has 0 spiro atoms. The Kier molecular flexibility index (Phi) is 5.50. The van der Waals surface area contributed by atoms with E-state index in [4.69, 9.17) is 0 Å². The normalized spacial score (nSPS) is 13.6. The maximum absolute atomic E-state index is 13.7. The third kappa shape index (κ3) is 4.13. The van der Waals surface area contributed by atoms with E-state index in [9.17, 15) is 22.8 Å². The fourth-order valence-corrected chi connectivity index (χ4v) is 3.82. The fourth-order valence-electron chi connectivity index (χ4n) is 2.81. The van der Waals surface area contributed by atoms with Gasteiger partial charge in [0.05, 0.1) is 17.8 Å². The first kappa shape index (κ1) is 19.3. The summed E-state index contributed by atoms with van der Waals surface area (Å²) < 4.78 is 40.1. The van der Waals surface area contributed by atoms with Crippen LogP contribution in [0.2, 0.25) is 0 Å². The molecule has 0 saturated heterocycles. The second-order valence-electron chi connectivity index (χ2n) is 6.73. The zero-order valence-electron chi connectivity index (χ0n) is 14.8. The lowest BCUT2D eigenvalue weighted by molar-refractivity contribution is -0.132. The number of amides is 2. The first-order valence-corrected chi connectivity index (χ1v) is 9.29. The molecular formula is C18H18F3N3O2S. The van der Waals surface area contributed by atoms with Crippen LogP contribution in [0.5, 0.6) is 0 Å². The third-order valence-corrected chi connectivity index (χ3v) is 5.16. The molecule has 2 amide bonds. The molecule has 9 heteroatoms. The maximum Gasteiger partial charge on any atom is 0.260 e. The molecule has 0 atom stereocenters. The van der Waals surface area contributed by atoms with E-state index < -0.39 is 28.9 Å². The Bertz CT molecular complexity index is 898. The van der Waals surface area contributed by atoms with Crippen LogP contribution < -0.4 is 5.32 Å². The standard InChI is InChI=1S/C18H18F3N3O2S/c1-9(2)7-14(25)24-6-5-12-13(8-24)27-18(22-12)23-17(26)10-3-4-11(19)16(21)15(10)20/h3-4,9H,5-8H2,1-2H3,(H,22,23,26). The minimum atomic E-state index is -1.69. The Labute approximate surface area is 158 Å². The summed E-state index contributed by atoms with van der Waals surface area (Å²) in [6, 6.07) is 1.57. The number of halogens is 3. The number of fused-ring (bicyclic) bond motifs is 1. The summed E-state index contributed by atoms with van der Waals surface area (Å²) in [4.78, 5) is 31.3. The van der Waals surface area contributed by atoms with Gasteiger partial charge in [0.25, 0.3) is 5.91 Å². The first-order chi connectivity index (χ1) is 12.8. The highest BCUT2D eigenvalue weighted by Crippen LogP contribution is 2.29. The van der Waals surface area contributed by atoms with E-state index in [0.29, 0.717) is 32.0 Å². The number of anilines is 1. The molecule has 5 nitrogen and oxygen atoms in total. The van der Waals surface area contributed by atoms with Crippen molar-refractivity contribution in [2.24, 2.45) is 5.92 Å². The van der Waals surface area contributed by atoms with E-state index in [1.54, 1.807) is 4.90 Å². The molecule has 144 valence electrons. The van der Waals surface area contributed by atoms with Crippen molar-refractivity contribution in [3.05, 3.63) is 45.7 Å². The third-order valence-electron chi connectivity index (χ3n) is 4.17. The highest BCUT2D eigenvalue weighted by molar-refractivity contribution is 7.15. The highest BCUT2D eigenvalue weighted by Gasteiger charge is 2.26. The van der Waals surface area contributed by atoms with Crippen molar-refractivity contribution in [1.29, 1.82) is 0 Å². The highest BCUT2D eigenvalue weighted by atomic mass is 32.1. The van der Waals surface area contributed by atoms with Crippen molar-refractivity contribution in [3.8, 4) is 0 Å². The van der Waals surface area contributed by atoms with Crippen molar-refractivity contribution in [2.75, 3.05) is 11.9 Å². The van der Waals surface area contributed by atoms with Crippen molar-refractivity contribution < 1.29 is 22.8 Å². The minimum Gasteiger partial charge on any atom is -0.337 e. The van der Waals surface area contributed by atoms with E-state index in [-0.39, 0.29) is 17.0 Å². The van der Waals surface area contributed by atoms with Crippen molar-refractivity contribution in [3.63, 3.8) is 0 Å². The van der Waals surface area contributed by atoms with E-state index in [0.717, 1.165) is 16.6 Å². The molecule has 1 aromatic heterocycles.